The summed E-state index contributed by atoms with van der Waals surface area (Å²) in [5.41, 5.74) is 0.657. The van der Waals surface area contributed by atoms with Crippen LogP contribution < -0.4 is 0 Å². The normalized spacial score (nSPS) is 16.6. The van der Waals surface area contributed by atoms with Gasteiger partial charge >= 0.3 is 6.09 Å². The van der Waals surface area contributed by atoms with Crippen molar-refractivity contribution in [3.05, 3.63) is 35.9 Å². The number of rotatable bonds is 1. The van der Waals surface area contributed by atoms with Crippen LogP contribution in [0.15, 0.2) is 35.3 Å². The third-order valence-electron chi connectivity index (χ3n) is 3.47. The van der Waals surface area contributed by atoms with Gasteiger partial charge in [0.25, 0.3) is 0 Å². The summed E-state index contributed by atoms with van der Waals surface area (Å²) in [5, 5.41) is 0. The maximum Gasteiger partial charge on any atom is 0.410 e. The Hall–Kier alpha value is -2.04. The highest BCUT2D eigenvalue weighted by atomic mass is 16.6. The van der Waals surface area contributed by atoms with Crippen LogP contribution in [0.5, 0.6) is 0 Å². The summed E-state index contributed by atoms with van der Waals surface area (Å²) >= 11 is 0. The number of hydrogen-bond donors (Lipinski definition) is 0. The molecular weight excluding hydrogens is 278 g/mol. The fraction of sp³-hybridized carbons (Fsp3) is 0.529. The highest BCUT2D eigenvalue weighted by Crippen LogP contribution is 2.14. The van der Waals surface area contributed by atoms with Crippen molar-refractivity contribution in [2.24, 2.45) is 4.99 Å². The Labute approximate surface area is 132 Å². The fourth-order valence-electron chi connectivity index (χ4n) is 2.47. The van der Waals surface area contributed by atoms with E-state index in [1.165, 1.54) is 0 Å². The second kappa shape index (κ2) is 6.81. The highest BCUT2D eigenvalue weighted by Gasteiger charge is 2.27. The molecule has 0 aliphatic carbocycles. The monoisotopic (exact) mass is 303 g/mol. The van der Waals surface area contributed by atoms with Crippen LogP contribution in [0.4, 0.5) is 4.79 Å². The molecule has 1 aromatic carbocycles. The number of benzene rings is 1. The van der Waals surface area contributed by atoms with E-state index in [9.17, 15) is 4.79 Å². The molecule has 1 aliphatic heterocycles. The molecule has 1 fully saturated rings. The predicted molar refractivity (Wildman–Crippen MR) is 88.3 cm³/mol. The molecule has 1 aliphatic rings. The van der Waals surface area contributed by atoms with Gasteiger partial charge in [0.15, 0.2) is 0 Å². The molecule has 22 heavy (non-hydrogen) atoms. The van der Waals surface area contributed by atoms with Crippen LogP contribution >= 0.6 is 0 Å². The predicted octanol–water partition coefficient (Wildman–Crippen LogP) is 2.62. The van der Waals surface area contributed by atoms with Gasteiger partial charge in [-0.3, -0.25) is 4.99 Å². The van der Waals surface area contributed by atoms with Crippen LogP contribution in [0.3, 0.4) is 0 Å². The Morgan fingerprint density at radius 2 is 1.59 bits per heavy atom. The van der Waals surface area contributed by atoms with Gasteiger partial charge in [0, 0.05) is 38.8 Å². The smallest absolute Gasteiger partial charge is 0.410 e. The second-order valence-electron chi connectivity index (χ2n) is 6.37. The van der Waals surface area contributed by atoms with Crippen molar-refractivity contribution in [2.75, 3.05) is 33.2 Å². The van der Waals surface area contributed by atoms with E-state index in [0.29, 0.717) is 13.1 Å². The second-order valence-corrected chi connectivity index (χ2v) is 6.37. The molecule has 0 N–H and O–H groups in total. The molecule has 0 bridgehead atoms. The van der Waals surface area contributed by atoms with Crippen LogP contribution in [0, 0.1) is 0 Å². The maximum absolute atomic E-state index is 12.1. The first-order valence-corrected chi connectivity index (χ1v) is 7.66. The van der Waals surface area contributed by atoms with E-state index in [-0.39, 0.29) is 6.09 Å². The summed E-state index contributed by atoms with van der Waals surface area (Å²) < 4.78 is 5.42. The van der Waals surface area contributed by atoms with Gasteiger partial charge in [0.2, 0.25) is 0 Å². The third kappa shape index (κ3) is 4.23. The average molecular weight is 303 g/mol. The molecule has 0 atom stereocenters. The minimum absolute atomic E-state index is 0.234. The average Bonchev–Trinajstić information content (AvgIpc) is 2.48. The zero-order chi connectivity index (χ0) is 16.2. The van der Waals surface area contributed by atoms with Gasteiger partial charge < -0.3 is 14.5 Å². The summed E-state index contributed by atoms with van der Waals surface area (Å²) in [6, 6.07) is 10.1. The molecule has 0 spiro atoms. The Bertz CT molecular complexity index is 527. The Balaban J connectivity index is 1.96. The number of amidine groups is 1. The van der Waals surface area contributed by atoms with E-state index in [0.717, 1.165) is 24.5 Å². The Kier molecular flexibility index (Phi) is 5.06. The number of carbonyl (C=O) groups excluding carboxylic acids is 1. The highest BCUT2D eigenvalue weighted by molar-refractivity contribution is 5.98. The van der Waals surface area contributed by atoms with Gasteiger partial charge in [-0.1, -0.05) is 30.3 Å². The van der Waals surface area contributed by atoms with Crippen molar-refractivity contribution in [3.8, 4) is 0 Å². The van der Waals surface area contributed by atoms with Crippen molar-refractivity contribution in [1.82, 2.24) is 9.80 Å². The van der Waals surface area contributed by atoms with Crippen LogP contribution in [0.1, 0.15) is 26.3 Å². The van der Waals surface area contributed by atoms with Gasteiger partial charge in [-0.05, 0) is 20.8 Å². The molecule has 5 nitrogen and oxygen atoms in total. The number of ether oxygens (including phenoxy) is 1. The van der Waals surface area contributed by atoms with E-state index >= 15 is 0 Å². The minimum atomic E-state index is -0.450. The first kappa shape index (κ1) is 16.3. The first-order chi connectivity index (χ1) is 10.4. The summed E-state index contributed by atoms with van der Waals surface area (Å²) in [4.78, 5) is 20.5. The minimum Gasteiger partial charge on any atom is -0.444 e. The summed E-state index contributed by atoms with van der Waals surface area (Å²) in [6.45, 7) is 8.50. The lowest BCUT2D eigenvalue weighted by atomic mass is 10.1. The SMILES string of the molecule is C/N=C(\c1ccccc1)N1CCN(C(=O)OC(C)(C)C)CC1. The van der Waals surface area contributed by atoms with Gasteiger partial charge in [0.1, 0.15) is 11.4 Å². The summed E-state index contributed by atoms with van der Waals surface area (Å²) in [6.07, 6.45) is -0.234. The topological polar surface area (TPSA) is 45.1 Å². The molecule has 5 heteroatoms. The lowest BCUT2D eigenvalue weighted by molar-refractivity contribution is 0.0187. The molecule has 2 rings (SSSR count). The molecule has 0 aromatic heterocycles. The molecule has 0 saturated carbocycles. The standard InChI is InChI=1S/C17H25N3O2/c1-17(2,3)22-16(21)20-12-10-19(11-13-20)15(18-4)14-8-6-5-7-9-14/h5-9H,10-13H2,1-4H3/b18-15+. The maximum atomic E-state index is 12.1. The molecule has 1 saturated heterocycles. The van der Waals surface area contributed by atoms with E-state index in [4.69, 9.17) is 4.74 Å². The number of piperazine rings is 1. The van der Waals surface area contributed by atoms with Gasteiger partial charge in [0.05, 0.1) is 0 Å². The molecular formula is C17H25N3O2. The number of amides is 1. The number of nitrogens with zero attached hydrogens (tertiary/aromatic N) is 3. The zero-order valence-corrected chi connectivity index (χ0v) is 13.9. The quantitative estimate of drug-likeness (QED) is 0.592. The largest absolute Gasteiger partial charge is 0.444 e. The van der Waals surface area contributed by atoms with E-state index in [2.05, 4.69) is 22.0 Å². The van der Waals surface area contributed by atoms with Gasteiger partial charge in [-0.25, -0.2) is 4.79 Å². The molecule has 1 aromatic rings. The lowest BCUT2D eigenvalue weighted by Crippen LogP contribution is -2.51. The van der Waals surface area contributed by atoms with E-state index in [1.807, 2.05) is 46.0 Å². The fourth-order valence-corrected chi connectivity index (χ4v) is 2.47. The lowest BCUT2D eigenvalue weighted by Gasteiger charge is -2.37. The molecule has 0 radical (unpaired) electrons. The third-order valence-corrected chi connectivity index (χ3v) is 3.47. The molecule has 1 heterocycles. The van der Waals surface area contributed by atoms with Crippen molar-refractivity contribution < 1.29 is 9.53 Å². The van der Waals surface area contributed by atoms with Crippen LogP contribution in [0.25, 0.3) is 0 Å². The number of carbonyl (C=O) groups is 1. The van der Waals surface area contributed by atoms with Gasteiger partial charge in [-0.15, -0.1) is 0 Å². The summed E-state index contributed by atoms with van der Waals surface area (Å²) in [7, 11) is 1.81. The van der Waals surface area contributed by atoms with Crippen molar-refractivity contribution in [1.29, 1.82) is 0 Å². The van der Waals surface area contributed by atoms with Gasteiger partial charge in [-0.2, -0.15) is 0 Å². The first-order valence-electron chi connectivity index (χ1n) is 7.66. The number of aliphatic imine (C=N–C) groups is 1. The van der Waals surface area contributed by atoms with Crippen LogP contribution in [-0.2, 0) is 4.74 Å². The van der Waals surface area contributed by atoms with Crippen molar-refractivity contribution in [3.63, 3.8) is 0 Å². The van der Waals surface area contributed by atoms with Crippen molar-refractivity contribution >= 4 is 11.9 Å². The summed E-state index contributed by atoms with van der Waals surface area (Å²) in [5.74, 6) is 0.976. The zero-order valence-electron chi connectivity index (χ0n) is 13.9. The van der Waals surface area contributed by atoms with Crippen LogP contribution in [0.2, 0.25) is 0 Å². The molecule has 1 amide bonds. The van der Waals surface area contributed by atoms with Crippen molar-refractivity contribution in [2.45, 2.75) is 26.4 Å². The van der Waals surface area contributed by atoms with E-state index in [1.54, 1.807) is 4.90 Å². The number of hydrogen-bond acceptors (Lipinski definition) is 3. The molecule has 0 unspecified atom stereocenters. The van der Waals surface area contributed by atoms with E-state index < -0.39 is 5.60 Å². The molecule has 120 valence electrons. The Morgan fingerprint density at radius 3 is 2.09 bits per heavy atom. The Morgan fingerprint density at radius 1 is 1.05 bits per heavy atom. The van der Waals surface area contributed by atoms with Crippen LogP contribution in [-0.4, -0.2) is 60.6 Å².